The smallest absolute Gasteiger partial charge is 0.271 e. The highest BCUT2D eigenvalue weighted by atomic mass is 32.2. The quantitative estimate of drug-likeness (QED) is 0.207. The van der Waals surface area contributed by atoms with Crippen LogP contribution in [0.15, 0.2) is 91.5 Å². The monoisotopic (exact) mass is 600 g/mol. The number of H-pyrrole nitrogens is 1. The summed E-state index contributed by atoms with van der Waals surface area (Å²) in [6.07, 6.45) is 5.34. The molecule has 10 heteroatoms. The van der Waals surface area contributed by atoms with Crippen molar-refractivity contribution in [3.05, 3.63) is 94.4 Å². The molecule has 0 bridgehead atoms. The predicted octanol–water partition coefficient (Wildman–Crippen LogP) is 6.16. The fourth-order valence-corrected chi connectivity index (χ4v) is 7.85. The van der Waals surface area contributed by atoms with Crippen molar-refractivity contribution in [1.29, 1.82) is 0 Å². The van der Waals surface area contributed by atoms with E-state index in [1.807, 2.05) is 31.5 Å². The zero-order valence-electron chi connectivity index (χ0n) is 24.2. The number of nitrogens with zero attached hydrogens (tertiary/aromatic N) is 4. The summed E-state index contributed by atoms with van der Waals surface area (Å²) in [6, 6.07) is 16.8. The van der Waals surface area contributed by atoms with Crippen LogP contribution in [0.5, 0.6) is 0 Å². The highest BCUT2D eigenvalue weighted by molar-refractivity contribution is 8.05. The number of pyridine rings is 1. The van der Waals surface area contributed by atoms with Crippen LogP contribution in [0, 0.1) is 6.92 Å². The Morgan fingerprint density at radius 1 is 1.07 bits per heavy atom. The number of anilines is 2. The Labute approximate surface area is 255 Å². The lowest BCUT2D eigenvalue weighted by Crippen LogP contribution is -2.41. The lowest BCUT2D eigenvalue weighted by atomic mass is 10.1. The van der Waals surface area contributed by atoms with Crippen LogP contribution in [0.1, 0.15) is 42.9 Å². The third-order valence-corrected chi connectivity index (χ3v) is 10.3. The molecule has 0 aliphatic carbocycles. The second-order valence-corrected chi connectivity index (χ2v) is 12.7. The number of hydrogen-bond acceptors (Lipinski definition) is 9. The minimum absolute atomic E-state index is 0.0214. The molecule has 4 aromatic rings. The summed E-state index contributed by atoms with van der Waals surface area (Å²) in [4.78, 5) is 34.0. The molecule has 4 heterocycles. The zero-order chi connectivity index (χ0) is 29.1. The van der Waals surface area contributed by atoms with Gasteiger partial charge < -0.3 is 24.8 Å². The second kappa shape index (κ2) is 12.9. The van der Waals surface area contributed by atoms with Gasteiger partial charge in [-0.3, -0.25) is 4.79 Å². The van der Waals surface area contributed by atoms with Gasteiger partial charge in [0.25, 0.3) is 5.56 Å². The first-order chi connectivity index (χ1) is 20.5. The summed E-state index contributed by atoms with van der Waals surface area (Å²) in [5.74, 6) is 0.807. The number of likely N-dealkylation sites (N-methyl/N-ethyl adjacent to an activating group) is 1. The molecule has 0 amide bonds. The molecule has 2 unspecified atom stereocenters. The van der Waals surface area contributed by atoms with Crippen molar-refractivity contribution in [2.75, 3.05) is 49.5 Å². The van der Waals surface area contributed by atoms with Crippen LogP contribution in [0.2, 0.25) is 0 Å². The van der Waals surface area contributed by atoms with Crippen molar-refractivity contribution in [2.45, 2.75) is 52.5 Å². The van der Waals surface area contributed by atoms with Gasteiger partial charge in [0.05, 0.1) is 12.6 Å². The van der Waals surface area contributed by atoms with Gasteiger partial charge in [0, 0.05) is 63.5 Å². The molecular formula is C32H36N6O2S2. The van der Waals surface area contributed by atoms with Gasteiger partial charge in [-0.15, -0.1) is 0 Å². The molecule has 2 atom stereocenters. The predicted molar refractivity (Wildman–Crippen MR) is 170 cm³/mol. The van der Waals surface area contributed by atoms with Crippen LogP contribution in [-0.4, -0.2) is 59.2 Å². The summed E-state index contributed by atoms with van der Waals surface area (Å²) >= 11 is 3.59. The van der Waals surface area contributed by atoms with E-state index in [0.29, 0.717) is 25.4 Å². The molecule has 1 fully saturated rings. The second-order valence-electron chi connectivity index (χ2n) is 10.5. The van der Waals surface area contributed by atoms with Gasteiger partial charge >= 0.3 is 0 Å². The molecule has 2 aromatic carbocycles. The van der Waals surface area contributed by atoms with Gasteiger partial charge in [0.15, 0.2) is 5.82 Å². The van der Waals surface area contributed by atoms with Gasteiger partial charge in [0.2, 0.25) is 0 Å². The number of ether oxygens (including phenoxy) is 1. The molecule has 0 spiro atoms. The number of hydrogen-bond donors (Lipinski definition) is 2. The largest absolute Gasteiger partial charge is 0.374 e. The van der Waals surface area contributed by atoms with Gasteiger partial charge in [-0.1, -0.05) is 49.5 Å². The molecule has 2 aliphatic rings. The Hall–Kier alpha value is -3.31. The highest BCUT2D eigenvalue weighted by Gasteiger charge is 2.29. The van der Waals surface area contributed by atoms with E-state index >= 15 is 0 Å². The molecule has 0 saturated carbocycles. The molecule has 0 radical (unpaired) electrons. The van der Waals surface area contributed by atoms with Gasteiger partial charge in [-0.25, -0.2) is 9.97 Å². The maximum Gasteiger partial charge on any atom is 0.271 e. The van der Waals surface area contributed by atoms with Gasteiger partial charge in [0.1, 0.15) is 11.8 Å². The molecule has 42 heavy (non-hydrogen) atoms. The first-order valence-electron chi connectivity index (χ1n) is 14.5. The molecule has 218 valence electrons. The van der Waals surface area contributed by atoms with E-state index < -0.39 is 0 Å². The average molecular weight is 601 g/mol. The Morgan fingerprint density at radius 2 is 1.90 bits per heavy atom. The Balaban J connectivity index is 1.22. The molecule has 2 aromatic heterocycles. The van der Waals surface area contributed by atoms with Crippen molar-refractivity contribution >= 4 is 34.9 Å². The Kier molecular flexibility index (Phi) is 8.85. The first-order valence-corrected chi connectivity index (χ1v) is 16.1. The lowest BCUT2D eigenvalue weighted by Gasteiger charge is -2.35. The molecule has 2 aliphatic heterocycles. The lowest BCUT2D eigenvalue weighted by molar-refractivity contribution is 0.0378. The third-order valence-electron chi connectivity index (χ3n) is 7.73. The summed E-state index contributed by atoms with van der Waals surface area (Å²) < 4.78 is 6.27. The van der Waals surface area contributed by atoms with Crippen LogP contribution in [-0.2, 0) is 4.74 Å². The van der Waals surface area contributed by atoms with Crippen molar-refractivity contribution < 1.29 is 4.74 Å². The topological polar surface area (TPSA) is 86.4 Å². The molecule has 6 rings (SSSR count). The normalized spacial score (nSPS) is 17.0. The van der Waals surface area contributed by atoms with E-state index in [1.54, 1.807) is 29.7 Å². The van der Waals surface area contributed by atoms with E-state index in [2.05, 4.69) is 80.3 Å². The maximum atomic E-state index is 12.4. The number of morpholine rings is 1. The van der Waals surface area contributed by atoms with Crippen LogP contribution in [0.25, 0.3) is 0 Å². The van der Waals surface area contributed by atoms with Crippen molar-refractivity contribution in [1.82, 2.24) is 19.9 Å². The van der Waals surface area contributed by atoms with E-state index in [0.717, 1.165) is 36.7 Å². The van der Waals surface area contributed by atoms with Gasteiger partial charge in [-0.2, -0.15) is 0 Å². The molecular weight excluding hydrogens is 565 g/mol. The van der Waals surface area contributed by atoms with E-state index in [9.17, 15) is 4.79 Å². The maximum absolute atomic E-state index is 12.4. The number of aryl methyl sites for hydroxylation is 1. The summed E-state index contributed by atoms with van der Waals surface area (Å²) in [5.41, 5.74) is 3.91. The Bertz CT molecular complexity index is 1590. The van der Waals surface area contributed by atoms with E-state index in [-0.39, 0.29) is 17.7 Å². The average Bonchev–Trinajstić information content (AvgIpc) is 3.02. The molecule has 2 N–H and O–H groups in total. The zero-order valence-corrected chi connectivity index (χ0v) is 25.8. The minimum atomic E-state index is -0.112. The number of nitrogens with one attached hydrogen (secondary N) is 2. The number of fused-ring (bicyclic) bond motifs is 2. The van der Waals surface area contributed by atoms with Crippen molar-refractivity contribution in [3.63, 3.8) is 0 Å². The standard InChI is InChI=1S/C32H36N6O2S2/c1-4-37(5-2)19-24(31-34-17-21(3)18-35-31)36-22-11-12-27-29(16-22)41-28-10-6-8-23(30(28)42-27)26-20-38(14-15-40-26)25-9-7-13-33-32(25)39/h6-13,16-18,24,26,36H,4-5,14-15,19-20H2,1-3H3,(H,33,39). The van der Waals surface area contributed by atoms with Crippen molar-refractivity contribution in [3.8, 4) is 0 Å². The van der Waals surface area contributed by atoms with Crippen LogP contribution in [0.3, 0.4) is 0 Å². The molecule has 8 nitrogen and oxygen atoms in total. The summed E-state index contributed by atoms with van der Waals surface area (Å²) in [5, 5.41) is 3.73. The number of aromatic amines is 1. The fraction of sp³-hybridized carbons (Fsp3) is 0.344. The number of rotatable bonds is 9. The SMILES string of the molecule is CCN(CC)CC(Nc1ccc2c(c1)Sc1cccc(C3CN(c4ccc[nH]c4=O)CCO3)c1S2)c1ncc(C)cn1. The van der Waals surface area contributed by atoms with E-state index in [1.165, 1.54) is 25.1 Å². The fourth-order valence-electron chi connectivity index (χ4n) is 5.40. The molecule has 1 saturated heterocycles. The Morgan fingerprint density at radius 3 is 2.69 bits per heavy atom. The summed E-state index contributed by atoms with van der Waals surface area (Å²) in [6.45, 7) is 11.1. The van der Waals surface area contributed by atoms with Crippen LogP contribution in [0.4, 0.5) is 11.4 Å². The van der Waals surface area contributed by atoms with Crippen molar-refractivity contribution in [2.24, 2.45) is 0 Å². The third kappa shape index (κ3) is 6.22. The summed E-state index contributed by atoms with van der Waals surface area (Å²) in [7, 11) is 0. The van der Waals surface area contributed by atoms with E-state index in [4.69, 9.17) is 4.74 Å². The first kappa shape index (κ1) is 28.8. The number of aromatic nitrogens is 3. The van der Waals surface area contributed by atoms with Gasteiger partial charge in [-0.05, 0) is 67.5 Å². The van der Waals surface area contributed by atoms with Crippen LogP contribution < -0.4 is 15.8 Å². The minimum Gasteiger partial charge on any atom is -0.374 e. The highest BCUT2D eigenvalue weighted by Crippen LogP contribution is 2.52. The number of benzene rings is 2. The van der Waals surface area contributed by atoms with Crippen LogP contribution >= 0.6 is 23.5 Å².